The van der Waals surface area contributed by atoms with Gasteiger partial charge in [-0.15, -0.1) is 11.6 Å². The van der Waals surface area contributed by atoms with Crippen LogP contribution in [0.5, 0.6) is 11.5 Å². The fraction of sp³-hybridized carbons (Fsp3) is 0.524. The largest absolute Gasteiger partial charge is 0.508 e. The summed E-state index contributed by atoms with van der Waals surface area (Å²) in [5.74, 6) is 0.526. The molecule has 1 aromatic carbocycles. The van der Waals surface area contributed by atoms with Gasteiger partial charge in [0.25, 0.3) is 0 Å². The second-order valence-corrected chi connectivity index (χ2v) is 7.31. The summed E-state index contributed by atoms with van der Waals surface area (Å²) in [5, 5.41) is 22.1. The zero-order chi connectivity index (χ0) is 19.5. The predicted octanol–water partition coefficient (Wildman–Crippen LogP) is 4.44. The first-order valence-electron chi connectivity index (χ1n) is 9.29. The van der Waals surface area contributed by atoms with Gasteiger partial charge in [0.1, 0.15) is 17.2 Å². The van der Waals surface area contributed by atoms with Crippen molar-refractivity contribution in [2.45, 2.75) is 51.6 Å². The lowest BCUT2D eigenvalue weighted by atomic mass is 9.90. The van der Waals surface area contributed by atoms with E-state index in [0.717, 1.165) is 37.9 Å². The fourth-order valence-electron chi connectivity index (χ4n) is 3.64. The molecule has 1 atom stereocenters. The molecule has 5 nitrogen and oxygen atoms in total. The molecule has 26 heavy (non-hydrogen) atoms. The third kappa shape index (κ3) is 3.74. The van der Waals surface area contributed by atoms with Crippen molar-refractivity contribution >= 4 is 5.76 Å². The third-order valence-corrected chi connectivity index (χ3v) is 5.24. The van der Waals surface area contributed by atoms with Gasteiger partial charge >= 0.3 is 0 Å². The minimum atomic E-state index is -0.228. The molecule has 0 aromatic heterocycles. The van der Waals surface area contributed by atoms with Gasteiger partial charge in [0.2, 0.25) is 0 Å². The van der Waals surface area contributed by atoms with Crippen molar-refractivity contribution in [1.82, 2.24) is 9.96 Å². The molecular formula is C21H32N2O3. The molecular weight excluding hydrogens is 328 g/mol. The highest BCUT2D eigenvalue weighted by Crippen LogP contribution is 2.40. The minimum Gasteiger partial charge on any atom is -0.508 e. The minimum absolute atomic E-state index is 0.0397. The van der Waals surface area contributed by atoms with Gasteiger partial charge < -0.3 is 15.1 Å². The second kappa shape index (κ2) is 8.14. The average Bonchev–Trinajstić information content (AvgIpc) is 2.55. The van der Waals surface area contributed by atoms with Crippen molar-refractivity contribution in [1.29, 1.82) is 0 Å². The first-order valence-corrected chi connectivity index (χ1v) is 9.29. The quantitative estimate of drug-likeness (QED) is 0.387. The first kappa shape index (κ1) is 20.3. The van der Waals surface area contributed by atoms with Crippen LogP contribution in [-0.2, 0) is 4.84 Å². The number of benzene rings is 1. The van der Waals surface area contributed by atoms with E-state index in [4.69, 9.17) is 4.84 Å². The number of phenolic OH excluding ortho intramolecular Hbond substituents is 2. The van der Waals surface area contributed by atoms with Crippen LogP contribution in [0.2, 0.25) is 0 Å². The van der Waals surface area contributed by atoms with E-state index < -0.39 is 0 Å². The lowest BCUT2D eigenvalue weighted by molar-refractivity contribution is -0.249. The Hall–Kier alpha value is -1.98. The van der Waals surface area contributed by atoms with Crippen LogP contribution in [0.4, 0.5) is 0 Å². The van der Waals surface area contributed by atoms with E-state index >= 15 is 0 Å². The second-order valence-electron chi connectivity index (χ2n) is 7.31. The van der Waals surface area contributed by atoms with Crippen LogP contribution in [0.25, 0.3) is 5.76 Å². The lowest BCUT2D eigenvalue weighted by Gasteiger charge is -2.56. The number of hydroxylamine groups is 2. The number of aromatic hydroxyl groups is 2. The Kier molecular flexibility index (Phi) is 6.37. The van der Waals surface area contributed by atoms with Crippen LogP contribution in [0, 0.1) is 0 Å². The molecule has 2 rings (SSSR count). The van der Waals surface area contributed by atoms with E-state index in [-0.39, 0.29) is 23.1 Å². The summed E-state index contributed by atoms with van der Waals surface area (Å²) < 4.78 is 0. The van der Waals surface area contributed by atoms with Gasteiger partial charge in [-0.2, -0.15) is 0 Å². The molecule has 144 valence electrons. The molecule has 1 unspecified atom stereocenters. The molecule has 0 bridgehead atoms. The van der Waals surface area contributed by atoms with E-state index in [2.05, 4.69) is 25.0 Å². The number of nitrogens with zero attached hydrogens (tertiary/aromatic N) is 2. The molecule has 1 aromatic rings. The number of hydrogen-bond donors (Lipinski definition) is 2. The molecule has 1 aliphatic heterocycles. The number of hydrogen-bond acceptors (Lipinski definition) is 5. The Bertz CT molecular complexity index is 671. The third-order valence-electron chi connectivity index (χ3n) is 5.24. The first-order chi connectivity index (χ1) is 12.3. The van der Waals surface area contributed by atoms with Crippen molar-refractivity contribution < 1.29 is 15.1 Å². The molecule has 0 spiro atoms. The molecule has 0 aliphatic carbocycles. The Morgan fingerprint density at radius 2 is 2.08 bits per heavy atom. The SMILES string of the molecule is C=CCC1(N(C)OC(=C)c2cc(C(C)C)c(O)cc2O)CCN1CCC. The molecule has 2 N–H and O–H groups in total. The monoisotopic (exact) mass is 360 g/mol. The van der Waals surface area contributed by atoms with Gasteiger partial charge in [-0.3, -0.25) is 4.90 Å². The summed E-state index contributed by atoms with van der Waals surface area (Å²) >= 11 is 0. The fourth-order valence-corrected chi connectivity index (χ4v) is 3.64. The Labute approximate surface area is 157 Å². The summed E-state index contributed by atoms with van der Waals surface area (Å²) in [6, 6.07) is 3.10. The normalized spacial score (nSPS) is 20.2. The molecule has 1 aliphatic rings. The Morgan fingerprint density at radius 1 is 1.38 bits per heavy atom. The molecule has 0 amide bonds. The van der Waals surface area contributed by atoms with Crippen molar-refractivity contribution in [3.8, 4) is 11.5 Å². The van der Waals surface area contributed by atoms with Crippen molar-refractivity contribution in [3.63, 3.8) is 0 Å². The van der Waals surface area contributed by atoms with Gasteiger partial charge in [-0.1, -0.05) is 33.4 Å². The average molecular weight is 360 g/mol. The summed E-state index contributed by atoms with van der Waals surface area (Å²) in [7, 11) is 1.90. The van der Waals surface area contributed by atoms with Crippen LogP contribution in [-0.4, -0.2) is 46.0 Å². The van der Waals surface area contributed by atoms with E-state index in [0.29, 0.717) is 11.3 Å². The van der Waals surface area contributed by atoms with Crippen molar-refractivity contribution in [2.75, 3.05) is 20.1 Å². The zero-order valence-corrected chi connectivity index (χ0v) is 16.5. The maximum atomic E-state index is 10.2. The smallest absolute Gasteiger partial charge is 0.151 e. The van der Waals surface area contributed by atoms with Crippen molar-refractivity contribution in [3.05, 3.63) is 42.5 Å². The molecule has 1 fully saturated rings. The van der Waals surface area contributed by atoms with Gasteiger partial charge in [0, 0.05) is 26.1 Å². The lowest BCUT2D eigenvalue weighted by Crippen LogP contribution is -2.67. The summed E-state index contributed by atoms with van der Waals surface area (Å²) in [6.45, 7) is 16.1. The summed E-state index contributed by atoms with van der Waals surface area (Å²) in [6.07, 6.45) is 4.76. The van der Waals surface area contributed by atoms with Crippen molar-refractivity contribution in [2.24, 2.45) is 0 Å². The molecule has 5 heteroatoms. The molecule has 0 saturated carbocycles. The molecule has 1 heterocycles. The van der Waals surface area contributed by atoms with Crippen LogP contribution in [0.15, 0.2) is 31.4 Å². The molecule has 1 saturated heterocycles. The highest BCUT2D eigenvalue weighted by Gasteiger charge is 2.48. The highest BCUT2D eigenvalue weighted by atomic mass is 16.7. The van der Waals surface area contributed by atoms with E-state index in [1.807, 2.05) is 32.0 Å². The van der Waals surface area contributed by atoms with E-state index in [1.165, 1.54) is 6.07 Å². The number of rotatable bonds is 9. The van der Waals surface area contributed by atoms with Crippen LogP contribution in [0.3, 0.4) is 0 Å². The van der Waals surface area contributed by atoms with Crippen LogP contribution in [0.1, 0.15) is 57.1 Å². The van der Waals surface area contributed by atoms with E-state index in [9.17, 15) is 10.2 Å². The van der Waals surface area contributed by atoms with Gasteiger partial charge in [-0.05, 0) is 36.9 Å². The Balaban J connectivity index is 2.23. The van der Waals surface area contributed by atoms with Gasteiger partial charge in [0.15, 0.2) is 5.76 Å². The predicted molar refractivity (Wildman–Crippen MR) is 106 cm³/mol. The standard InChI is InChI=1S/C21H32N2O3/c1-7-9-21(10-12-23(21)11-8-2)22(6)26-16(5)18-13-17(15(3)4)19(24)14-20(18)25/h7,13-15,24-25H,1,5,8-12H2,2-4,6H3. The van der Waals surface area contributed by atoms with Crippen LogP contribution < -0.4 is 0 Å². The topological polar surface area (TPSA) is 56.2 Å². The highest BCUT2D eigenvalue weighted by molar-refractivity contribution is 5.66. The number of phenols is 2. The summed E-state index contributed by atoms with van der Waals surface area (Å²) in [4.78, 5) is 8.42. The zero-order valence-electron chi connectivity index (χ0n) is 16.5. The maximum absolute atomic E-state index is 10.2. The van der Waals surface area contributed by atoms with Crippen LogP contribution >= 0.6 is 0 Å². The van der Waals surface area contributed by atoms with E-state index in [1.54, 1.807) is 6.07 Å². The number of likely N-dealkylation sites (tertiary alicyclic amines) is 1. The molecule has 0 radical (unpaired) electrons. The van der Waals surface area contributed by atoms with Gasteiger partial charge in [0.05, 0.1) is 5.56 Å². The summed E-state index contributed by atoms with van der Waals surface area (Å²) in [5.41, 5.74) is 1.02. The van der Waals surface area contributed by atoms with Gasteiger partial charge in [-0.25, -0.2) is 0 Å². The Morgan fingerprint density at radius 3 is 2.58 bits per heavy atom. The maximum Gasteiger partial charge on any atom is 0.151 e.